The number of carboxylic acids is 2. The van der Waals surface area contributed by atoms with E-state index in [4.69, 9.17) is 10.2 Å². The summed E-state index contributed by atoms with van der Waals surface area (Å²) in [6.45, 7) is 0. The number of carbonyl (C=O) groups is 2. The Morgan fingerprint density at radius 3 is 1.42 bits per heavy atom. The molecule has 0 bridgehead atoms. The van der Waals surface area contributed by atoms with Gasteiger partial charge in [0.05, 0.1) is 10.8 Å². The molecule has 0 amide bonds. The fraction of sp³-hybridized carbons (Fsp3) is 0.895. The quantitative estimate of drug-likeness (QED) is 0.438. The minimum absolute atomic E-state index is 0.440. The number of hydrogen-bond donors (Lipinski definition) is 2. The van der Waals surface area contributed by atoms with Crippen molar-refractivity contribution in [2.45, 2.75) is 96.1 Å². The average Bonchev–Trinajstić information content (AvgIpc) is 3.42. The first-order chi connectivity index (χ1) is 11.4. The monoisotopic (exact) mass is 342 g/mol. The molecule has 138 valence electrons. The molecule has 2 aliphatic rings. The molecule has 2 N–H and O–H groups in total. The molecule has 0 aliphatic heterocycles. The van der Waals surface area contributed by atoms with Crippen LogP contribution < -0.4 is 0 Å². The zero-order valence-corrected chi connectivity index (χ0v) is 14.6. The largest absolute Gasteiger partial charge is 0.481 e. The molecule has 0 radical (unpaired) electrons. The number of halogens is 1. The molecular weight excluding hydrogens is 311 g/mol. The first-order valence-electron chi connectivity index (χ1n) is 9.51. The van der Waals surface area contributed by atoms with Gasteiger partial charge in [0.15, 0.2) is 0 Å². The summed E-state index contributed by atoms with van der Waals surface area (Å²) >= 11 is 0. The maximum absolute atomic E-state index is 13.8. The Morgan fingerprint density at radius 2 is 1.12 bits per heavy atom. The highest BCUT2D eigenvalue weighted by Gasteiger charge is 2.49. The smallest absolute Gasteiger partial charge is 0.309 e. The lowest BCUT2D eigenvalue weighted by Crippen LogP contribution is -2.14. The van der Waals surface area contributed by atoms with Gasteiger partial charge in [0, 0.05) is 0 Å². The van der Waals surface area contributed by atoms with E-state index in [9.17, 15) is 14.0 Å². The zero-order valence-electron chi connectivity index (χ0n) is 14.6. The third-order valence-corrected chi connectivity index (χ3v) is 5.96. The Hall–Kier alpha value is -1.13. The molecule has 5 heteroatoms. The van der Waals surface area contributed by atoms with E-state index in [1.807, 2.05) is 0 Å². The van der Waals surface area contributed by atoms with Crippen LogP contribution in [0.15, 0.2) is 0 Å². The molecule has 2 aliphatic carbocycles. The van der Waals surface area contributed by atoms with Crippen molar-refractivity contribution in [1.29, 1.82) is 0 Å². The second-order valence-corrected chi connectivity index (χ2v) is 7.97. The average molecular weight is 342 g/mol. The van der Waals surface area contributed by atoms with Crippen molar-refractivity contribution in [1.82, 2.24) is 0 Å². The van der Waals surface area contributed by atoms with Gasteiger partial charge in [-0.05, 0) is 51.4 Å². The van der Waals surface area contributed by atoms with E-state index in [1.54, 1.807) is 0 Å². The van der Waals surface area contributed by atoms with Gasteiger partial charge in [0.1, 0.15) is 6.17 Å². The van der Waals surface area contributed by atoms with Crippen molar-refractivity contribution < 1.29 is 24.2 Å². The summed E-state index contributed by atoms with van der Waals surface area (Å²) in [5, 5.41) is 18.2. The highest BCUT2D eigenvalue weighted by atomic mass is 19.1. The predicted molar refractivity (Wildman–Crippen MR) is 89.7 cm³/mol. The first kappa shape index (κ1) is 19.2. The standard InChI is InChI=1S/C19H31FO4/c20-15(7-3-1-5-9-18(11-12-18)16(21)22)8-4-2-6-10-19(13-14-19)17(23)24/h15H,1-14H2,(H,21,22)(H,23,24). The van der Waals surface area contributed by atoms with E-state index in [-0.39, 0.29) is 0 Å². The molecule has 0 spiro atoms. The van der Waals surface area contributed by atoms with Crippen LogP contribution in [0.5, 0.6) is 0 Å². The lowest BCUT2D eigenvalue weighted by Gasteiger charge is -2.11. The van der Waals surface area contributed by atoms with Crippen LogP contribution in [0.25, 0.3) is 0 Å². The second kappa shape index (κ2) is 8.30. The molecule has 24 heavy (non-hydrogen) atoms. The summed E-state index contributed by atoms with van der Waals surface area (Å²) in [7, 11) is 0. The zero-order chi connectivity index (χ0) is 17.6. The van der Waals surface area contributed by atoms with Crippen molar-refractivity contribution in [3.63, 3.8) is 0 Å². The van der Waals surface area contributed by atoms with Crippen molar-refractivity contribution in [3.05, 3.63) is 0 Å². The van der Waals surface area contributed by atoms with Crippen LogP contribution in [0.2, 0.25) is 0 Å². The van der Waals surface area contributed by atoms with Crippen LogP contribution in [0.1, 0.15) is 89.9 Å². The van der Waals surface area contributed by atoms with Gasteiger partial charge in [-0.15, -0.1) is 0 Å². The third-order valence-electron chi connectivity index (χ3n) is 5.96. The van der Waals surface area contributed by atoms with Gasteiger partial charge in [-0.25, -0.2) is 4.39 Å². The van der Waals surface area contributed by atoms with Crippen LogP contribution in [-0.2, 0) is 9.59 Å². The lowest BCUT2D eigenvalue weighted by atomic mass is 9.96. The van der Waals surface area contributed by atoms with Crippen molar-refractivity contribution >= 4 is 11.9 Å². The molecule has 2 saturated carbocycles. The third kappa shape index (κ3) is 5.45. The molecule has 0 saturated heterocycles. The molecule has 0 aromatic rings. The van der Waals surface area contributed by atoms with Gasteiger partial charge >= 0.3 is 11.9 Å². The highest BCUT2D eigenvalue weighted by Crippen LogP contribution is 2.50. The summed E-state index contributed by atoms with van der Waals surface area (Å²) in [5.41, 5.74) is -0.881. The lowest BCUT2D eigenvalue weighted by molar-refractivity contribution is -0.144. The number of aliphatic carboxylic acids is 2. The number of alkyl halides is 1. The highest BCUT2D eigenvalue weighted by molar-refractivity contribution is 5.78. The summed E-state index contributed by atoms with van der Waals surface area (Å²) in [4.78, 5) is 22.1. The van der Waals surface area contributed by atoms with E-state index in [2.05, 4.69) is 0 Å². The Kier molecular flexibility index (Phi) is 6.64. The summed E-state index contributed by atoms with van der Waals surface area (Å²) < 4.78 is 13.8. The molecule has 4 nitrogen and oxygen atoms in total. The maximum atomic E-state index is 13.8. The van der Waals surface area contributed by atoms with Crippen molar-refractivity contribution in [2.24, 2.45) is 10.8 Å². The van der Waals surface area contributed by atoms with Gasteiger partial charge in [-0.1, -0.05) is 38.5 Å². The van der Waals surface area contributed by atoms with Crippen molar-refractivity contribution in [3.8, 4) is 0 Å². The molecule has 2 rings (SSSR count). The SMILES string of the molecule is O=C(O)C1(CCCCCC(F)CCCCCC2(C(=O)O)CC2)CC1. The molecule has 0 unspecified atom stereocenters. The molecule has 0 aromatic carbocycles. The van der Waals surface area contributed by atoms with Crippen LogP contribution in [0.3, 0.4) is 0 Å². The van der Waals surface area contributed by atoms with E-state index in [0.29, 0.717) is 12.8 Å². The van der Waals surface area contributed by atoms with Crippen molar-refractivity contribution in [2.75, 3.05) is 0 Å². The second-order valence-electron chi connectivity index (χ2n) is 7.97. The fourth-order valence-corrected chi connectivity index (χ4v) is 3.60. The number of rotatable bonds is 14. The molecule has 0 aromatic heterocycles. The maximum Gasteiger partial charge on any atom is 0.309 e. The summed E-state index contributed by atoms with van der Waals surface area (Å²) in [6, 6.07) is 0. The van der Waals surface area contributed by atoms with Crippen LogP contribution >= 0.6 is 0 Å². The Balaban J connectivity index is 1.41. The molecule has 2 fully saturated rings. The van der Waals surface area contributed by atoms with E-state index >= 15 is 0 Å². The molecular formula is C19H31FO4. The van der Waals surface area contributed by atoms with Crippen LogP contribution in [0.4, 0.5) is 4.39 Å². The molecule has 0 atom stereocenters. The van der Waals surface area contributed by atoms with E-state index < -0.39 is 28.9 Å². The fourth-order valence-electron chi connectivity index (χ4n) is 3.60. The predicted octanol–water partition coefficient (Wildman–Crippen LogP) is 4.96. The normalized spacial score (nSPS) is 20.1. The Labute approximate surface area is 143 Å². The van der Waals surface area contributed by atoms with Gasteiger partial charge in [-0.3, -0.25) is 9.59 Å². The number of hydrogen-bond acceptors (Lipinski definition) is 2. The first-order valence-corrected chi connectivity index (χ1v) is 9.51. The van der Waals surface area contributed by atoms with Gasteiger partial charge in [0.2, 0.25) is 0 Å². The minimum Gasteiger partial charge on any atom is -0.481 e. The number of unbranched alkanes of at least 4 members (excludes halogenated alkanes) is 4. The Morgan fingerprint density at radius 1 is 0.750 bits per heavy atom. The van der Waals surface area contributed by atoms with Crippen LogP contribution in [0, 0.1) is 10.8 Å². The van der Waals surface area contributed by atoms with Gasteiger partial charge in [0.25, 0.3) is 0 Å². The Bertz CT molecular complexity index is 401. The molecule has 0 heterocycles. The van der Waals surface area contributed by atoms with Crippen LogP contribution in [-0.4, -0.2) is 28.3 Å². The van der Waals surface area contributed by atoms with E-state index in [0.717, 1.165) is 77.0 Å². The summed E-state index contributed by atoms with van der Waals surface area (Å²) in [6.07, 6.45) is 10.3. The van der Waals surface area contributed by atoms with Gasteiger partial charge in [-0.2, -0.15) is 0 Å². The topological polar surface area (TPSA) is 74.6 Å². The minimum atomic E-state index is -0.770. The van der Waals surface area contributed by atoms with Gasteiger partial charge < -0.3 is 10.2 Å². The number of carboxylic acid groups (broad SMARTS) is 2. The van der Waals surface area contributed by atoms with E-state index in [1.165, 1.54) is 0 Å². The summed E-state index contributed by atoms with van der Waals surface area (Å²) in [5.74, 6) is -1.33.